The average Bonchev–Trinajstić information content (AvgIpc) is 3.05. The quantitative estimate of drug-likeness (QED) is 0.522. The Hall–Kier alpha value is -3.19. The molecule has 1 atom stereocenters. The Morgan fingerprint density at radius 2 is 1.72 bits per heavy atom. The summed E-state index contributed by atoms with van der Waals surface area (Å²) in [5.41, 5.74) is 3.04. The minimum Gasteiger partial charge on any atom is -0.481 e. The van der Waals surface area contributed by atoms with E-state index < -0.39 is 23.9 Å². The number of nitrogens with one attached hydrogen (secondary N) is 1. The van der Waals surface area contributed by atoms with E-state index in [0.29, 0.717) is 11.3 Å². The molecule has 3 aromatic rings. The van der Waals surface area contributed by atoms with Crippen molar-refractivity contribution in [2.45, 2.75) is 32.2 Å². The second kappa shape index (κ2) is 8.87. The third-order valence-corrected chi connectivity index (χ3v) is 5.87. The molecule has 0 saturated heterocycles. The van der Waals surface area contributed by atoms with Gasteiger partial charge < -0.3 is 15.5 Å². The maximum absolute atomic E-state index is 12.9. The third-order valence-electron chi connectivity index (χ3n) is 4.66. The predicted octanol–water partition coefficient (Wildman–Crippen LogP) is 3.85. The molecule has 0 radical (unpaired) electrons. The van der Waals surface area contributed by atoms with Crippen LogP contribution in [0.1, 0.15) is 39.2 Å². The van der Waals surface area contributed by atoms with Crippen molar-refractivity contribution in [2.24, 2.45) is 0 Å². The fraction of sp³-hybridized carbons (Fsp3) is 0.227. The van der Waals surface area contributed by atoms with Crippen molar-refractivity contribution in [1.29, 1.82) is 0 Å². The molecule has 1 heterocycles. The zero-order valence-electron chi connectivity index (χ0n) is 15.8. The summed E-state index contributed by atoms with van der Waals surface area (Å²) in [6, 6.07) is 14.5. The van der Waals surface area contributed by atoms with Crippen molar-refractivity contribution in [3.8, 4) is 0 Å². The summed E-state index contributed by atoms with van der Waals surface area (Å²) in [5.74, 6) is -2.85. The lowest BCUT2D eigenvalue weighted by Gasteiger charge is -2.14. The number of carbonyl (C=O) groups is 3. The van der Waals surface area contributed by atoms with Crippen LogP contribution in [0.25, 0.3) is 10.1 Å². The van der Waals surface area contributed by atoms with Crippen molar-refractivity contribution in [3.63, 3.8) is 0 Å². The monoisotopic (exact) mass is 411 g/mol. The Labute approximate surface area is 171 Å². The number of hydrogen-bond donors (Lipinski definition) is 3. The number of aliphatic carboxylic acids is 2. The summed E-state index contributed by atoms with van der Waals surface area (Å²) in [5, 5.41) is 21.6. The SMILES string of the molecule is Cc1ccc(Cc2c(C(=O)NC(CCC(=O)O)C(=O)O)sc3ccccc23)cc1. The maximum atomic E-state index is 12.9. The molecule has 0 bridgehead atoms. The molecule has 1 amide bonds. The van der Waals surface area contributed by atoms with Gasteiger partial charge in [0.2, 0.25) is 0 Å². The smallest absolute Gasteiger partial charge is 0.326 e. The summed E-state index contributed by atoms with van der Waals surface area (Å²) in [7, 11) is 0. The van der Waals surface area contributed by atoms with Crippen LogP contribution < -0.4 is 5.32 Å². The van der Waals surface area contributed by atoms with Crippen LogP contribution in [0.3, 0.4) is 0 Å². The normalized spacial score (nSPS) is 11.9. The first-order chi connectivity index (χ1) is 13.8. The second-order valence-corrected chi connectivity index (χ2v) is 7.92. The zero-order valence-corrected chi connectivity index (χ0v) is 16.7. The highest BCUT2D eigenvalue weighted by molar-refractivity contribution is 7.21. The van der Waals surface area contributed by atoms with Gasteiger partial charge in [-0.05, 0) is 42.3 Å². The number of carboxylic acid groups (broad SMARTS) is 2. The molecule has 3 N–H and O–H groups in total. The van der Waals surface area contributed by atoms with Gasteiger partial charge in [-0.2, -0.15) is 0 Å². The lowest BCUT2D eigenvalue weighted by molar-refractivity contribution is -0.140. The van der Waals surface area contributed by atoms with E-state index in [-0.39, 0.29) is 12.8 Å². The number of amides is 1. The number of hydrogen-bond acceptors (Lipinski definition) is 4. The standard InChI is InChI=1S/C22H21NO5S/c1-13-6-8-14(9-7-13)12-16-15-4-2-3-5-18(15)29-20(16)21(26)23-17(22(27)28)10-11-19(24)25/h2-9,17H,10-12H2,1H3,(H,23,26)(H,24,25)(H,27,28). The van der Waals surface area contributed by atoms with Gasteiger partial charge in [-0.15, -0.1) is 11.3 Å². The molecule has 1 aromatic heterocycles. The van der Waals surface area contributed by atoms with Crippen molar-refractivity contribution < 1.29 is 24.6 Å². The lowest BCUT2D eigenvalue weighted by Crippen LogP contribution is -2.41. The van der Waals surface area contributed by atoms with Crippen molar-refractivity contribution in [1.82, 2.24) is 5.32 Å². The first-order valence-electron chi connectivity index (χ1n) is 9.16. The van der Waals surface area contributed by atoms with Gasteiger partial charge in [-0.25, -0.2) is 4.79 Å². The number of rotatable bonds is 8. The fourth-order valence-electron chi connectivity index (χ4n) is 3.12. The Balaban J connectivity index is 1.92. The first kappa shape index (κ1) is 20.5. The highest BCUT2D eigenvalue weighted by Gasteiger charge is 2.25. The van der Waals surface area contributed by atoms with Crippen LogP contribution in [0.2, 0.25) is 0 Å². The van der Waals surface area contributed by atoms with Crippen LogP contribution in [-0.4, -0.2) is 34.1 Å². The molecular weight excluding hydrogens is 390 g/mol. The summed E-state index contributed by atoms with van der Waals surface area (Å²) >= 11 is 1.31. The van der Waals surface area contributed by atoms with Crippen LogP contribution in [0.4, 0.5) is 0 Å². The molecule has 0 spiro atoms. The van der Waals surface area contributed by atoms with Crippen molar-refractivity contribution in [3.05, 3.63) is 70.1 Å². The molecule has 0 fully saturated rings. The summed E-state index contributed by atoms with van der Waals surface area (Å²) in [6.45, 7) is 2.01. The van der Waals surface area contributed by atoms with E-state index in [4.69, 9.17) is 5.11 Å². The Kier molecular flexibility index (Phi) is 6.29. The van der Waals surface area contributed by atoms with E-state index >= 15 is 0 Å². The van der Waals surface area contributed by atoms with E-state index in [1.165, 1.54) is 11.3 Å². The highest BCUT2D eigenvalue weighted by atomic mass is 32.1. The largest absolute Gasteiger partial charge is 0.481 e. The van der Waals surface area contributed by atoms with Gasteiger partial charge in [0.05, 0.1) is 4.88 Å². The average molecular weight is 411 g/mol. The molecule has 0 aliphatic rings. The lowest BCUT2D eigenvalue weighted by atomic mass is 10.0. The van der Waals surface area contributed by atoms with E-state index in [0.717, 1.165) is 26.8 Å². The van der Waals surface area contributed by atoms with E-state index in [1.807, 2.05) is 55.5 Å². The van der Waals surface area contributed by atoms with E-state index in [1.54, 1.807) is 0 Å². The summed E-state index contributed by atoms with van der Waals surface area (Å²) < 4.78 is 0.942. The van der Waals surface area contributed by atoms with Crippen LogP contribution in [0, 0.1) is 6.92 Å². The Morgan fingerprint density at radius 1 is 1.03 bits per heavy atom. The van der Waals surface area contributed by atoms with Crippen molar-refractivity contribution in [2.75, 3.05) is 0 Å². The maximum Gasteiger partial charge on any atom is 0.326 e. The number of fused-ring (bicyclic) bond motifs is 1. The topological polar surface area (TPSA) is 104 Å². The van der Waals surface area contributed by atoms with Crippen LogP contribution >= 0.6 is 11.3 Å². The number of thiophene rings is 1. The molecule has 0 aliphatic carbocycles. The van der Waals surface area contributed by atoms with E-state index in [9.17, 15) is 19.5 Å². The minimum absolute atomic E-state index is 0.172. The first-order valence-corrected chi connectivity index (χ1v) is 9.98. The molecule has 6 nitrogen and oxygen atoms in total. The third kappa shape index (κ3) is 5.00. The molecule has 3 rings (SSSR count). The minimum atomic E-state index is -1.25. The second-order valence-electron chi connectivity index (χ2n) is 6.86. The van der Waals surface area contributed by atoms with Gasteiger partial charge in [0, 0.05) is 11.1 Å². The molecule has 1 unspecified atom stereocenters. The number of carboxylic acids is 2. The number of carbonyl (C=O) groups excluding carboxylic acids is 1. The summed E-state index contributed by atoms with van der Waals surface area (Å²) in [6.07, 6.45) is 0.0361. The van der Waals surface area contributed by atoms with Crippen molar-refractivity contribution >= 4 is 39.3 Å². The summed E-state index contributed by atoms with van der Waals surface area (Å²) in [4.78, 5) is 35.6. The van der Waals surface area contributed by atoms with Gasteiger partial charge >= 0.3 is 11.9 Å². The highest BCUT2D eigenvalue weighted by Crippen LogP contribution is 2.33. The Bertz CT molecular complexity index is 1050. The van der Waals surface area contributed by atoms with Gasteiger partial charge in [0.15, 0.2) is 0 Å². The molecule has 150 valence electrons. The van der Waals surface area contributed by atoms with Gasteiger partial charge in [-0.1, -0.05) is 48.0 Å². The predicted molar refractivity (Wildman–Crippen MR) is 112 cm³/mol. The van der Waals surface area contributed by atoms with Gasteiger partial charge in [-0.3, -0.25) is 9.59 Å². The Morgan fingerprint density at radius 3 is 2.38 bits per heavy atom. The van der Waals surface area contributed by atoms with Crippen LogP contribution in [0.5, 0.6) is 0 Å². The van der Waals surface area contributed by atoms with E-state index in [2.05, 4.69) is 5.32 Å². The van der Waals surface area contributed by atoms with Gasteiger partial charge in [0.1, 0.15) is 6.04 Å². The van der Waals surface area contributed by atoms with Gasteiger partial charge in [0.25, 0.3) is 5.91 Å². The molecule has 7 heteroatoms. The molecule has 29 heavy (non-hydrogen) atoms. The zero-order chi connectivity index (χ0) is 21.0. The fourth-order valence-corrected chi connectivity index (χ4v) is 4.24. The number of aryl methyl sites for hydroxylation is 1. The molecule has 2 aromatic carbocycles. The molecular formula is C22H21NO5S. The van der Waals surface area contributed by atoms with Crippen LogP contribution in [-0.2, 0) is 16.0 Å². The van der Waals surface area contributed by atoms with Crippen LogP contribution in [0.15, 0.2) is 48.5 Å². The molecule has 0 aliphatic heterocycles. The number of benzene rings is 2. The molecule has 0 saturated carbocycles.